The lowest BCUT2D eigenvalue weighted by Gasteiger charge is -2.22. The smallest absolute Gasteiger partial charge is 0.328 e. The fraction of sp³-hybridized carbons (Fsp3) is 0.462. The highest BCUT2D eigenvalue weighted by Gasteiger charge is 2.23. The first-order valence-electron chi connectivity index (χ1n) is 5.76. The van der Waals surface area contributed by atoms with Gasteiger partial charge in [-0.15, -0.1) is 0 Å². The molecule has 100 valence electrons. The average Bonchev–Trinajstić information content (AvgIpc) is 2.30. The maximum absolute atomic E-state index is 11.7. The van der Waals surface area contributed by atoms with Crippen LogP contribution in [0.1, 0.15) is 19.4 Å². The predicted octanol–water partition coefficient (Wildman–Crippen LogP) is 2.95. The molecule has 3 N–H and O–H groups in total. The molecule has 0 fully saturated rings. The molecule has 1 aromatic carbocycles. The minimum absolute atomic E-state index is 0.127. The number of anilines is 2. The number of hydrogen-bond acceptors (Lipinski definition) is 4. The second-order valence-corrected chi connectivity index (χ2v) is 5.43. The van der Waals surface area contributed by atoms with Crippen molar-refractivity contribution in [3.63, 3.8) is 0 Å². The van der Waals surface area contributed by atoms with E-state index in [0.717, 1.165) is 15.7 Å². The number of aryl methyl sites for hydroxylation is 1. The summed E-state index contributed by atoms with van der Waals surface area (Å²) in [5, 5.41) is 3.19. The molecule has 1 rings (SSSR count). The second kappa shape index (κ2) is 6.09. The normalized spacial score (nSPS) is 12.3. The Bertz CT molecular complexity index is 447. The summed E-state index contributed by atoms with van der Waals surface area (Å²) >= 11 is 3.44. The van der Waals surface area contributed by atoms with Crippen LogP contribution in [0.3, 0.4) is 0 Å². The lowest BCUT2D eigenvalue weighted by molar-refractivity contribution is -0.142. The van der Waals surface area contributed by atoms with E-state index in [0.29, 0.717) is 5.69 Å². The number of carbonyl (C=O) groups excluding carboxylic acids is 1. The number of carbonyl (C=O) groups is 1. The first-order chi connectivity index (χ1) is 8.36. The van der Waals surface area contributed by atoms with Gasteiger partial charge in [-0.25, -0.2) is 4.79 Å². The number of rotatable bonds is 4. The SMILES string of the molecule is COC(=O)C(Nc1cc(C)c(N)cc1Br)C(C)C. The predicted molar refractivity (Wildman–Crippen MR) is 77.6 cm³/mol. The minimum atomic E-state index is -0.380. The quantitative estimate of drug-likeness (QED) is 0.662. The van der Waals surface area contributed by atoms with E-state index in [1.165, 1.54) is 7.11 Å². The summed E-state index contributed by atoms with van der Waals surface area (Å²) in [4.78, 5) is 11.7. The molecule has 0 aliphatic heterocycles. The van der Waals surface area contributed by atoms with E-state index in [4.69, 9.17) is 10.5 Å². The van der Waals surface area contributed by atoms with Gasteiger partial charge in [0.2, 0.25) is 0 Å². The monoisotopic (exact) mass is 314 g/mol. The van der Waals surface area contributed by atoms with Crippen LogP contribution in [0.4, 0.5) is 11.4 Å². The van der Waals surface area contributed by atoms with Crippen molar-refractivity contribution in [2.75, 3.05) is 18.2 Å². The lowest BCUT2D eigenvalue weighted by atomic mass is 10.0. The van der Waals surface area contributed by atoms with Crippen molar-refractivity contribution in [1.29, 1.82) is 0 Å². The average molecular weight is 315 g/mol. The van der Waals surface area contributed by atoms with Crippen molar-refractivity contribution in [2.24, 2.45) is 5.92 Å². The van der Waals surface area contributed by atoms with Crippen molar-refractivity contribution in [1.82, 2.24) is 0 Å². The molecule has 1 aromatic rings. The van der Waals surface area contributed by atoms with Crippen molar-refractivity contribution in [3.05, 3.63) is 22.2 Å². The first kappa shape index (κ1) is 14.8. The van der Waals surface area contributed by atoms with Crippen LogP contribution in [0.25, 0.3) is 0 Å². The topological polar surface area (TPSA) is 64.3 Å². The van der Waals surface area contributed by atoms with Crippen LogP contribution in [0.15, 0.2) is 16.6 Å². The lowest BCUT2D eigenvalue weighted by Crippen LogP contribution is -2.35. The first-order valence-corrected chi connectivity index (χ1v) is 6.56. The molecule has 4 nitrogen and oxygen atoms in total. The molecule has 1 atom stereocenters. The molecular formula is C13H19BrN2O2. The molecule has 0 spiro atoms. The van der Waals surface area contributed by atoms with Gasteiger partial charge in [-0.05, 0) is 46.5 Å². The van der Waals surface area contributed by atoms with E-state index in [1.807, 2.05) is 32.9 Å². The zero-order valence-corrected chi connectivity index (χ0v) is 12.7. The minimum Gasteiger partial charge on any atom is -0.467 e. The molecule has 0 aromatic heterocycles. The highest BCUT2D eigenvalue weighted by Crippen LogP contribution is 2.29. The molecule has 0 aliphatic carbocycles. The summed E-state index contributed by atoms with van der Waals surface area (Å²) in [5.74, 6) is -0.145. The summed E-state index contributed by atoms with van der Waals surface area (Å²) in [5.41, 5.74) is 8.34. The molecule has 0 amide bonds. The van der Waals surface area contributed by atoms with Crippen LogP contribution in [0.2, 0.25) is 0 Å². The van der Waals surface area contributed by atoms with E-state index in [1.54, 1.807) is 0 Å². The number of ether oxygens (including phenoxy) is 1. The molecular weight excluding hydrogens is 296 g/mol. The zero-order valence-electron chi connectivity index (χ0n) is 11.1. The summed E-state index contributed by atoms with van der Waals surface area (Å²) in [7, 11) is 1.39. The molecule has 0 heterocycles. The van der Waals surface area contributed by atoms with Gasteiger partial charge in [-0.1, -0.05) is 13.8 Å². The number of hydrogen-bond donors (Lipinski definition) is 2. The molecule has 18 heavy (non-hydrogen) atoms. The number of nitrogens with two attached hydrogens (primary N) is 1. The van der Waals surface area contributed by atoms with Gasteiger partial charge in [-0.3, -0.25) is 0 Å². The standard InChI is InChI=1S/C13H19BrN2O2/c1-7(2)12(13(17)18-4)16-11-5-8(3)10(15)6-9(11)14/h5-7,12,16H,15H2,1-4H3. The fourth-order valence-electron chi connectivity index (χ4n) is 1.60. The van der Waals surface area contributed by atoms with Crippen molar-refractivity contribution < 1.29 is 9.53 Å². The third-order valence-electron chi connectivity index (χ3n) is 2.79. The molecule has 0 saturated heterocycles. The van der Waals surface area contributed by atoms with E-state index < -0.39 is 0 Å². The highest BCUT2D eigenvalue weighted by atomic mass is 79.9. The Kier molecular flexibility index (Phi) is 5.02. The zero-order chi connectivity index (χ0) is 13.9. The summed E-state index contributed by atoms with van der Waals surface area (Å²) < 4.78 is 5.63. The fourth-order valence-corrected chi connectivity index (χ4v) is 2.08. The maximum atomic E-state index is 11.7. The number of nitrogen functional groups attached to an aromatic ring is 1. The van der Waals surface area contributed by atoms with E-state index in [-0.39, 0.29) is 17.9 Å². The van der Waals surface area contributed by atoms with E-state index in [2.05, 4.69) is 21.2 Å². The number of esters is 1. The van der Waals surface area contributed by atoms with Crippen LogP contribution in [-0.4, -0.2) is 19.1 Å². The van der Waals surface area contributed by atoms with Crippen molar-refractivity contribution in [3.8, 4) is 0 Å². The van der Waals surface area contributed by atoms with Crippen LogP contribution in [0, 0.1) is 12.8 Å². The van der Waals surface area contributed by atoms with Crippen LogP contribution in [-0.2, 0) is 9.53 Å². The van der Waals surface area contributed by atoms with Gasteiger partial charge < -0.3 is 15.8 Å². The van der Waals surface area contributed by atoms with E-state index in [9.17, 15) is 4.79 Å². The van der Waals surface area contributed by atoms with E-state index >= 15 is 0 Å². The summed E-state index contributed by atoms with van der Waals surface area (Å²) in [6.45, 7) is 5.86. The Hall–Kier alpha value is -1.23. The Morgan fingerprint density at radius 1 is 1.44 bits per heavy atom. The number of halogens is 1. The van der Waals surface area contributed by atoms with Gasteiger partial charge in [-0.2, -0.15) is 0 Å². The number of benzene rings is 1. The van der Waals surface area contributed by atoms with Gasteiger partial charge in [0, 0.05) is 15.8 Å². The Balaban J connectivity index is 3.01. The number of nitrogens with one attached hydrogen (secondary N) is 1. The second-order valence-electron chi connectivity index (χ2n) is 4.58. The molecule has 1 unspecified atom stereocenters. The van der Waals surface area contributed by atoms with Crippen molar-refractivity contribution in [2.45, 2.75) is 26.8 Å². The molecule has 0 aliphatic rings. The Morgan fingerprint density at radius 2 is 2.06 bits per heavy atom. The summed E-state index contributed by atoms with van der Waals surface area (Å²) in [6, 6.07) is 3.36. The largest absolute Gasteiger partial charge is 0.467 e. The van der Waals surface area contributed by atoms with Crippen LogP contribution >= 0.6 is 15.9 Å². The highest BCUT2D eigenvalue weighted by molar-refractivity contribution is 9.10. The van der Waals surface area contributed by atoms with Gasteiger partial charge >= 0.3 is 5.97 Å². The van der Waals surface area contributed by atoms with Gasteiger partial charge in [0.05, 0.1) is 7.11 Å². The summed E-state index contributed by atoms with van der Waals surface area (Å²) in [6.07, 6.45) is 0. The van der Waals surface area contributed by atoms with Gasteiger partial charge in [0.15, 0.2) is 0 Å². The molecule has 0 radical (unpaired) electrons. The third kappa shape index (κ3) is 3.38. The molecule has 5 heteroatoms. The number of methoxy groups -OCH3 is 1. The van der Waals surface area contributed by atoms with Crippen LogP contribution < -0.4 is 11.1 Å². The molecule has 0 bridgehead atoms. The van der Waals surface area contributed by atoms with Crippen molar-refractivity contribution >= 4 is 33.3 Å². The third-order valence-corrected chi connectivity index (χ3v) is 3.44. The van der Waals surface area contributed by atoms with Crippen LogP contribution in [0.5, 0.6) is 0 Å². The van der Waals surface area contributed by atoms with Gasteiger partial charge in [0.1, 0.15) is 6.04 Å². The maximum Gasteiger partial charge on any atom is 0.328 e. The Morgan fingerprint density at radius 3 is 2.56 bits per heavy atom. The Labute approximate surface area is 116 Å². The van der Waals surface area contributed by atoms with Gasteiger partial charge in [0.25, 0.3) is 0 Å². The molecule has 0 saturated carbocycles.